The molecule has 12 rings (SSSR count). The Hall–Kier alpha value is -7.98. The third kappa shape index (κ3) is 10.7. The van der Waals surface area contributed by atoms with Crippen LogP contribution < -0.4 is 14.5 Å². The van der Waals surface area contributed by atoms with Crippen molar-refractivity contribution in [2.24, 2.45) is 0 Å². The zero-order chi connectivity index (χ0) is 56.6. The largest absolute Gasteiger partial charge is 0.509 e. The van der Waals surface area contributed by atoms with E-state index in [-0.39, 0.29) is 42.7 Å². The van der Waals surface area contributed by atoms with Crippen molar-refractivity contribution in [3.63, 3.8) is 0 Å². The Labute approximate surface area is 500 Å². The Morgan fingerprint density at radius 1 is 0.427 bits per heavy atom. The van der Waals surface area contributed by atoms with Gasteiger partial charge in [0, 0.05) is 66.9 Å². The van der Waals surface area contributed by atoms with Crippen LogP contribution in [0.2, 0.25) is 0 Å². The van der Waals surface area contributed by atoms with Crippen molar-refractivity contribution in [3.8, 4) is 61.8 Å². The summed E-state index contributed by atoms with van der Waals surface area (Å²) in [4.78, 5) is 9.69. The molecular formula is C76H71N4OPt-3. The number of pyridine rings is 1. The first-order valence-corrected chi connectivity index (χ1v) is 28.4. The number of anilines is 4. The van der Waals surface area contributed by atoms with Crippen LogP contribution in [0.5, 0.6) is 11.5 Å². The molecule has 1 aliphatic heterocycles. The minimum atomic E-state index is -0.0967. The number of hydrogen-bond acceptors (Lipinski definition) is 4. The molecule has 0 fully saturated rings. The van der Waals surface area contributed by atoms with Gasteiger partial charge in [0.15, 0.2) is 0 Å². The van der Waals surface area contributed by atoms with E-state index in [9.17, 15) is 0 Å². The minimum absolute atomic E-state index is 0. The van der Waals surface area contributed by atoms with Crippen LogP contribution in [-0.2, 0) is 42.7 Å². The molecule has 0 saturated heterocycles. The summed E-state index contributed by atoms with van der Waals surface area (Å²) >= 11 is 0. The zero-order valence-corrected chi connectivity index (χ0v) is 51.5. The monoisotopic (exact) mass is 1250 g/mol. The molecule has 0 spiro atoms. The van der Waals surface area contributed by atoms with E-state index in [2.05, 4.69) is 304 Å². The first-order chi connectivity index (χ1) is 38.7. The van der Waals surface area contributed by atoms with Crippen molar-refractivity contribution in [2.45, 2.75) is 105 Å². The van der Waals surface area contributed by atoms with Gasteiger partial charge in [-0.1, -0.05) is 222 Å². The van der Waals surface area contributed by atoms with Crippen LogP contribution >= 0.6 is 0 Å². The number of hydrogen-bond donors (Lipinski definition) is 0. The minimum Gasteiger partial charge on any atom is -0.509 e. The van der Waals surface area contributed by atoms with E-state index in [0.29, 0.717) is 11.5 Å². The fourth-order valence-corrected chi connectivity index (χ4v) is 11.3. The van der Waals surface area contributed by atoms with E-state index in [1.807, 2.05) is 18.3 Å². The third-order valence-electron chi connectivity index (χ3n) is 16.0. The van der Waals surface area contributed by atoms with Crippen LogP contribution in [-0.4, -0.2) is 9.55 Å². The Morgan fingerprint density at radius 2 is 0.988 bits per heavy atom. The van der Waals surface area contributed by atoms with Gasteiger partial charge in [-0.2, -0.15) is 12.1 Å². The second-order valence-electron chi connectivity index (χ2n) is 25.9. The molecule has 6 heteroatoms. The van der Waals surface area contributed by atoms with Gasteiger partial charge in [-0.15, -0.1) is 48.1 Å². The van der Waals surface area contributed by atoms with Crippen molar-refractivity contribution in [2.75, 3.05) is 9.80 Å². The van der Waals surface area contributed by atoms with E-state index in [4.69, 9.17) is 9.72 Å². The molecule has 0 N–H and O–H groups in total. The van der Waals surface area contributed by atoms with Crippen molar-refractivity contribution in [1.82, 2.24) is 9.55 Å². The molecule has 1 aliphatic rings. The smallest absolute Gasteiger partial charge is 0.135 e. The topological polar surface area (TPSA) is 33.5 Å². The Bertz CT molecular complexity index is 4080. The molecule has 5 nitrogen and oxygen atoms in total. The maximum absolute atomic E-state index is 6.92. The standard InChI is InChI=1S/C76H71N4O.Pt/c1-73(2,3)54-28-19-27-52(41-54)53-35-38-67-66(42-53)64-37-36-61(48-69(64)80(67)70-46-55(39-40-77-70)74(4,5)6)81-60-30-20-29-58(47-60)78-49-79(59-44-56(75(7,8)9)43-57(45-59)76(10,11)12)72-65(33-22-34-68(72)78)71-62(50-23-15-13-16-24-50)31-21-32-63(71)51-25-17-14-18-26-51;/h13-46,49H,1-12H3;/q-3;. The van der Waals surface area contributed by atoms with Gasteiger partial charge in [0.25, 0.3) is 0 Å². The van der Waals surface area contributed by atoms with Gasteiger partial charge < -0.3 is 19.1 Å². The maximum atomic E-state index is 6.92. The predicted molar refractivity (Wildman–Crippen MR) is 341 cm³/mol. The second kappa shape index (κ2) is 21.4. The number of aromatic nitrogens is 2. The van der Waals surface area contributed by atoms with Crippen LogP contribution in [0.1, 0.15) is 105 Å². The first kappa shape index (κ1) is 55.9. The van der Waals surface area contributed by atoms with Crippen molar-refractivity contribution in [3.05, 3.63) is 247 Å². The predicted octanol–water partition coefficient (Wildman–Crippen LogP) is 20.8. The molecule has 0 atom stereocenters. The normalized spacial score (nSPS) is 12.9. The Balaban J connectivity index is 0.00000705. The summed E-state index contributed by atoms with van der Waals surface area (Å²) in [5.41, 5.74) is 20.2. The molecule has 0 radical (unpaired) electrons. The van der Waals surface area contributed by atoms with Gasteiger partial charge in [0.2, 0.25) is 0 Å². The zero-order valence-electron chi connectivity index (χ0n) is 49.2. The molecule has 3 heterocycles. The SMILES string of the molecule is CC(C)(C)c1cccc(-c2ccc3c(c2)c2ccc(Oc4[c-]c(N5[CH-]N(c6cc(C(C)(C)C)cc(C(C)(C)C)c6)c6c(-c7c(-c8ccccc8)cccc7-c7ccccc7)cccc65)ccc4)[c-]c2n3-c2cc(C(C)(C)C)ccn2)c1.[Pt]. The average Bonchev–Trinajstić information content (AvgIpc) is 2.52. The van der Waals surface area contributed by atoms with Gasteiger partial charge in [-0.05, 0) is 125 Å². The summed E-state index contributed by atoms with van der Waals surface area (Å²) in [5.74, 6) is 2.00. The van der Waals surface area contributed by atoms with E-state index in [1.165, 1.54) is 44.5 Å². The number of para-hydroxylation sites is 1. The van der Waals surface area contributed by atoms with E-state index >= 15 is 0 Å². The molecule has 2 aromatic heterocycles. The summed E-state index contributed by atoms with van der Waals surface area (Å²) in [5, 5.41) is 2.19. The molecule has 9 aromatic carbocycles. The van der Waals surface area contributed by atoms with E-state index in [0.717, 1.165) is 72.6 Å². The molecule has 0 saturated carbocycles. The van der Waals surface area contributed by atoms with Crippen molar-refractivity contribution in [1.29, 1.82) is 0 Å². The molecule has 0 amide bonds. The van der Waals surface area contributed by atoms with Crippen molar-refractivity contribution >= 4 is 44.6 Å². The van der Waals surface area contributed by atoms with Gasteiger partial charge in [-0.25, -0.2) is 4.98 Å². The molecule has 0 aliphatic carbocycles. The van der Waals surface area contributed by atoms with Crippen LogP contribution in [0.25, 0.3) is 72.1 Å². The van der Waals surface area contributed by atoms with Crippen LogP contribution in [0.15, 0.2) is 206 Å². The number of ether oxygens (including phenoxy) is 1. The molecule has 11 aromatic rings. The van der Waals surface area contributed by atoms with Crippen LogP contribution in [0.3, 0.4) is 0 Å². The number of fused-ring (bicyclic) bond motifs is 4. The molecular weight excluding hydrogens is 1180 g/mol. The maximum Gasteiger partial charge on any atom is 0.135 e. The average molecular weight is 1250 g/mol. The fraction of sp³-hybridized carbons (Fsp3) is 0.211. The Morgan fingerprint density at radius 3 is 1.63 bits per heavy atom. The van der Waals surface area contributed by atoms with E-state index in [1.54, 1.807) is 0 Å². The van der Waals surface area contributed by atoms with Gasteiger partial charge in [0.05, 0.1) is 0 Å². The first-order valence-electron chi connectivity index (χ1n) is 28.4. The number of benzene rings is 9. The van der Waals surface area contributed by atoms with E-state index < -0.39 is 0 Å². The summed E-state index contributed by atoms with van der Waals surface area (Å²) in [6.07, 6.45) is 1.92. The third-order valence-corrected chi connectivity index (χ3v) is 16.0. The fourth-order valence-electron chi connectivity index (χ4n) is 11.3. The van der Waals surface area contributed by atoms with Gasteiger partial charge in [-0.3, -0.25) is 0 Å². The quantitative estimate of drug-likeness (QED) is 0.135. The van der Waals surface area contributed by atoms with Gasteiger partial charge in [0.1, 0.15) is 5.82 Å². The van der Waals surface area contributed by atoms with Crippen molar-refractivity contribution < 1.29 is 25.8 Å². The van der Waals surface area contributed by atoms with Crippen LogP contribution in [0, 0.1) is 18.8 Å². The Kier molecular flexibility index (Phi) is 14.6. The number of rotatable bonds is 9. The summed E-state index contributed by atoms with van der Waals surface area (Å²) in [7, 11) is 0. The molecule has 0 bridgehead atoms. The van der Waals surface area contributed by atoms with Gasteiger partial charge >= 0.3 is 0 Å². The number of nitrogens with zero attached hydrogens (tertiary/aromatic N) is 4. The summed E-state index contributed by atoms with van der Waals surface area (Å²) < 4.78 is 9.16. The molecule has 414 valence electrons. The summed E-state index contributed by atoms with van der Waals surface area (Å²) in [6.45, 7) is 29.6. The summed E-state index contributed by atoms with van der Waals surface area (Å²) in [6, 6.07) is 80.1. The molecule has 0 unspecified atom stereocenters. The second-order valence-corrected chi connectivity index (χ2v) is 25.9. The van der Waals surface area contributed by atoms with Crippen LogP contribution in [0.4, 0.5) is 22.7 Å². The molecule has 82 heavy (non-hydrogen) atoms.